The molecule has 0 bridgehead atoms. The largest absolute Gasteiger partial charge is 0.494 e. The van der Waals surface area contributed by atoms with Gasteiger partial charge in [-0.1, -0.05) is 12.1 Å². The van der Waals surface area contributed by atoms with Gasteiger partial charge in [0.05, 0.1) is 25.4 Å². The molecule has 1 atom stereocenters. The lowest BCUT2D eigenvalue weighted by molar-refractivity contribution is -0.116. The fraction of sp³-hybridized carbons (Fsp3) is 0.435. The molecule has 162 valence electrons. The number of allylic oxidation sites excluding steroid dienone is 2. The summed E-state index contributed by atoms with van der Waals surface area (Å²) in [5.74, 6) is 1.41. The molecule has 1 saturated heterocycles. The van der Waals surface area contributed by atoms with E-state index in [4.69, 9.17) is 14.5 Å². The van der Waals surface area contributed by atoms with Crippen molar-refractivity contribution < 1.29 is 14.3 Å². The van der Waals surface area contributed by atoms with E-state index in [1.807, 2.05) is 36.1 Å². The van der Waals surface area contributed by atoms with Gasteiger partial charge in [-0.05, 0) is 37.5 Å². The predicted molar refractivity (Wildman–Crippen MR) is 117 cm³/mol. The average molecular weight is 422 g/mol. The van der Waals surface area contributed by atoms with Crippen molar-refractivity contribution in [1.29, 1.82) is 0 Å². The van der Waals surface area contributed by atoms with Gasteiger partial charge >= 0.3 is 0 Å². The molecule has 3 aliphatic rings. The Morgan fingerprint density at radius 3 is 2.87 bits per heavy atom. The normalized spacial score (nSPS) is 20.7. The summed E-state index contributed by atoms with van der Waals surface area (Å²) in [7, 11) is 0. The number of fused-ring (bicyclic) bond motifs is 1. The Kier molecular flexibility index (Phi) is 5.23. The number of aromatic nitrogens is 2. The fourth-order valence-electron chi connectivity index (χ4n) is 4.66. The van der Waals surface area contributed by atoms with Crippen LogP contribution in [-0.2, 0) is 9.53 Å². The van der Waals surface area contributed by atoms with Crippen LogP contribution in [0.2, 0.25) is 0 Å². The number of hydrogen-bond acceptors (Lipinski definition) is 7. The van der Waals surface area contributed by atoms with Crippen LogP contribution in [0.25, 0.3) is 0 Å². The van der Waals surface area contributed by atoms with Gasteiger partial charge in [0.1, 0.15) is 11.6 Å². The van der Waals surface area contributed by atoms with E-state index in [-0.39, 0.29) is 11.3 Å². The number of hydrogen-bond donors (Lipinski definition) is 2. The molecule has 0 spiro atoms. The molecule has 3 heterocycles. The molecule has 8 heteroatoms. The van der Waals surface area contributed by atoms with Crippen molar-refractivity contribution in [2.24, 2.45) is 0 Å². The van der Waals surface area contributed by atoms with Gasteiger partial charge in [0, 0.05) is 36.7 Å². The highest BCUT2D eigenvalue weighted by molar-refractivity contribution is 6.00. The molecule has 0 amide bonds. The Balaban J connectivity index is 1.65. The number of nitrogens with one attached hydrogen (secondary N) is 2. The first-order chi connectivity index (χ1) is 15.2. The van der Waals surface area contributed by atoms with Gasteiger partial charge in [-0.3, -0.25) is 14.6 Å². The van der Waals surface area contributed by atoms with E-state index in [0.29, 0.717) is 62.2 Å². The summed E-state index contributed by atoms with van der Waals surface area (Å²) >= 11 is 0. The van der Waals surface area contributed by atoms with Gasteiger partial charge in [0.2, 0.25) is 5.95 Å². The molecular weight excluding hydrogens is 396 g/mol. The lowest BCUT2D eigenvalue weighted by Crippen LogP contribution is -2.40. The highest BCUT2D eigenvalue weighted by atomic mass is 16.5. The van der Waals surface area contributed by atoms with Crippen LogP contribution < -0.4 is 20.5 Å². The second-order valence-corrected chi connectivity index (χ2v) is 7.98. The maximum Gasteiger partial charge on any atom is 0.258 e. The van der Waals surface area contributed by atoms with Gasteiger partial charge in [0.15, 0.2) is 5.78 Å². The van der Waals surface area contributed by atoms with Crippen molar-refractivity contribution in [3.05, 3.63) is 57.0 Å². The number of ketones is 1. The lowest BCUT2D eigenvalue weighted by atomic mass is 9.76. The van der Waals surface area contributed by atoms with Crippen molar-refractivity contribution >= 4 is 17.5 Å². The molecule has 31 heavy (non-hydrogen) atoms. The summed E-state index contributed by atoms with van der Waals surface area (Å²) in [6.07, 6.45) is 2.06. The molecule has 0 radical (unpaired) electrons. The van der Waals surface area contributed by atoms with E-state index in [1.54, 1.807) is 0 Å². The van der Waals surface area contributed by atoms with E-state index in [2.05, 4.69) is 10.3 Å². The third kappa shape index (κ3) is 3.61. The first kappa shape index (κ1) is 19.8. The second-order valence-electron chi connectivity index (χ2n) is 7.98. The fourth-order valence-corrected chi connectivity index (χ4v) is 4.66. The molecule has 1 aromatic carbocycles. The molecular formula is C23H26N4O4. The zero-order valence-corrected chi connectivity index (χ0v) is 17.6. The number of carbonyl (C=O) groups excluding carboxylic acids is 1. The summed E-state index contributed by atoms with van der Waals surface area (Å²) in [4.78, 5) is 36.1. The van der Waals surface area contributed by atoms with Crippen molar-refractivity contribution in [1.82, 2.24) is 9.97 Å². The number of Topliss-reactive ketones (excluding diaryl/α,β-unsaturated/α-hetero) is 1. The molecule has 1 aliphatic carbocycles. The first-order valence-electron chi connectivity index (χ1n) is 10.9. The Bertz CT molecular complexity index is 1100. The SMILES string of the molecule is CCOc1cccc([C@H]2C3=C(CCCC3=O)Nc3nc(N4CCOCC4)[nH]c(=O)c32)c1. The average Bonchev–Trinajstić information content (AvgIpc) is 2.79. The first-order valence-corrected chi connectivity index (χ1v) is 10.9. The number of carbonyl (C=O) groups is 1. The molecule has 5 rings (SSSR count). The van der Waals surface area contributed by atoms with Crippen LogP contribution in [0.1, 0.15) is 43.2 Å². The standard InChI is InChI=1S/C23H26N4O4/c1-2-31-15-6-3-5-14(13-15)18-19-16(7-4-8-17(19)28)24-21-20(18)22(29)26-23(25-21)27-9-11-30-12-10-27/h3,5-6,13,18H,2,4,7-12H2,1H3,(H2,24,25,26,29)/t18-/m0/s1. The molecule has 2 aliphatic heterocycles. The quantitative estimate of drug-likeness (QED) is 0.782. The minimum absolute atomic E-state index is 0.0860. The van der Waals surface area contributed by atoms with Crippen LogP contribution >= 0.6 is 0 Å². The van der Waals surface area contributed by atoms with E-state index in [9.17, 15) is 9.59 Å². The van der Waals surface area contributed by atoms with E-state index < -0.39 is 5.92 Å². The molecule has 1 aromatic heterocycles. The highest BCUT2D eigenvalue weighted by Crippen LogP contribution is 2.44. The zero-order valence-electron chi connectivity index (χ0n) is 17.6. The van der Waals surface area contributed by atoms with Gasteiger partial charge in [-0.2, -0.15) is 4.98 Å². The number of ether oxygens (including phenoxy) is 2. The number of nitrogens with zero attached hydrogens (tertiary/aromatic N) is 2. The van der Waals surface area contributed by atoms with Crippen molar-refractivity contribution in [3.8, 4) is 5.75 Å². The Labute approximate surface area is 180 Å². The van der Waals surface area contributed by atoms with Crippen LogP contribution in [0.5, 0.6) is 5.75 Å². The molecule has 8 nitrogen and oxygen atoms in total. The van der Waals surface area contributed by atoms with Crippen LogP contribution in [-0.4, -0.2) is 48.7 Å². The smallest absolute Gasteiger partial charge is 0.258 e. The summed E-state index contributed by atoms with van der Waals surface area (Å²) in [6.45, 7) is 5.03. The Hall–Kier alpha value is -3.13. The molecule has 0 unspecified atom stereocenters. The van der Waals surface area contributed by atoms with E-state index in [0.717, 1.165) is 29.9 Å². The Morgan fingerprint density at radius 1 is 1.23 bits per heavy atom. The summed E-state index contributed by atoms with van der Waals surface area (Å²) in [6, 6.07) is 7.66. The van der Waals surface area contributed by atoms with Crippen molar-refractivity contribution in [3.63, 3.8) is 0 Å². The highest BCUT2D eigenvalue weighted by Gasteiger charge is 2.38. The maximum atomic E-state index is 13.3. The van der Waals surface area contributed by atoms with Crippen LogP contribution in [0.3, 0.4) is 0 Å². The molecule has 1 fully saturated rings. The predicted octanol–water partition coefficient (Wildman–Crippen LogP) is 2.57. The number of anilines is 2. The van der Waals surface area contributed by atoms with Crippen LogP contribution in [0.4, 0.5) is 11.8 Å². The van der Waals surface area contributed by atoms with Crippen LogP contribution in [0.15, 0.2) is 40.3 Å². The van der Waals surface area contributed by atoms with E-state index in [1.165, 1.54) is 0 Å². The molecule has 2 N–H and O–H groups in total. The number of rotatable bonds is 4. The van der Waals surface area contributed by atoms with E-state index >= 15 is 0 Å². The Morgan fingerprint density at radius 2 is 2.06 bits per heavy atom. The number of H-pyrrole nitrogens is 1. The minimum Gasteiger partial charge on any atom is -0.494 e. The number of benzene rings is 1. The topological polar surface area (TPSA) is 96.5 Å². The molecule has 0 saturated carbocycles. The summed E-state index contributed by atoms with van der Waals surface area (Å²) in [5, 5.41) is 3.33. The number of morpholine rings is 1. The second kappa shape index (κ2) is 8.19. The van der Waals surface area contributed by atoms with Crippen LogP contribution in [0, 0.1) is 0 Å². The van der Waals surface area contributed by atoms with Gasteiger partial charge in [0.25, 0.3) is 5.56 Å². The van der Waals surface area contributed by atoms with Gasteiger partial charge in [-0.15, -0.1) is 0 Å². The maximum absolute atomic E-state index is 13.3. The summed E-state index contributed by atoms with van der Waals surface area (Å²) < 4.78 is 11.1. The third-order valence-electron chi connectivity index (χ3n) is 6.06. The number of aromatic amines is 1. The molecule has 2 aromatic rings. The third-order valence-corrected chi connectivity index (χ3v) is 6.06. The van der Waals surface area contributed by atoms with Gasteiger partial charge < -0.3 is 19.7 Å². The van der Waals surface area contributed by atoms with Crippen molar-refractivity contribution in [2.75, 3.05) is 43.1 Å². The monoisotopic (exact) mass is 422 g/mol. The minimum atomic E-state index is -0.463. The zero-order chi connectivity index (χ0) is 21.4. The van der Waals surface area contributed by atoms with Crippen molar-refractivity contribution in [2.45, 2.75) is 32.1 Å². The lowest BCUT2D eigenvalue weighted by Gasteiger charge is -2.34. The summed E-state index contributed by atoms with van der Waals surface area (Å²) in [5.41, 5.74) is 2.68. The van der Waals surface area contributed by atoms with Gasteiger partial charge in [-0.25, -0.2) is 0 Å².